The Bertz CT molecular complexity index is 647. The minimum absolute atomic E-state index is 0.465. The van der Waals surface area contributed by atoms with E-state index in [0.717, 1.165) is 5.76 Å². The molecular formula is C15H15N3O3. The van der Waals surface area contributed by atoms with Gasteiger partial charge in [0.05, 0.1) is 0 Å². The van der Waals surface area contributed by atoms with Crippen LogP contribution < -0.4 is 16.2 Å². The Kier molecular flexibility index (Phi) is 4.76. The number of aryl methyl sites for hydroxylation is 1. The maximum atomic E-state index is 11.5. The van der Waals surface area contributed by atoms with Gasteiger partial charge in [-0.2, -0.15) is 0 Å². The lowest BCUT2D eigenvalue weighted by Crippen LogP contribution is -2.43. The van der Waals surface area contributed by atoms with Crippen molar-refractivity contribution in [3.8, 4) is 0 Å². The van der Waals surface area contributed by atoms with Crippen molar-refractivity contribution in [2.45, 2.75) is 6.92 Å². The SMILES string of the molecule is Cc1ccc(C=CC(=O)NNC(=O)Nc2ccccc2)o1. The van der Waals surface area contributed by atoms with E-state index in [4.69, 9.17) is 4.42 Å². The van der Waals surface area contributed by atoms with E-state index in [2.05, 4.69) is 16.2 Å². The first-order valence-electron chi connectivity index (χ1n) is 6.30. The molecule has 21 heavy (non-hydrogen) atoms. The molecule has 1 aromatic carbocycles. The van der Waals surface area contributed by atoms with E-state index in [-0.39, 0.29) is 0 Å². The third-order valence-electron chi connectivity index (χ3n) is 2.49. The number of carbonyl (C=O) groups excluding carboxylic acids is 2. The zero-order chi connectivity index (χ0) is 15.1. The summed E-state index contributed by atoms with van der Waals surface area (Å²) >= 11 is 0. The van der Waals surface area contributed by atoms with Gasteiger partial charge in [0.1, 0.15) is 11.5 Å². The van der Waals surface area contributed by atoms with Crippen LogP contribution in [0, 0.1) is 6.92 Å². The highest BCUT2D eigenvalue weighted by atomic mass is 16.3. The highest BCUT2D eigenvalue weighted by Crippen LogP contribution is 2.07. The minimum atomic E-state index is -0.531. The molecule has 0 aliphatic carbocycles. The first kappa shape index (κ1) is 14.4. The molecular weight excluding hydrogens is 270 g/mol. The van der Waals surface area contributed by atoms with E-state index in [1.165, 1.54) is 12.2 Å². The molecule has 0 aliphatic heterocycles. The van der Waals surface area contributed by atoms with Crippen molar-refractivity contribution in [2.24, 2.45) is 0 Å². The van der Waals surface area contributed by atoms with Crippen LogP contribution in [-0.2, 0) is 4.79 Å². The van der Waals surface area contributed by atoms with Gasteiger partial charge >= 0.3 is 6.03 Å². The number of hydrogen-bond acceptors (Lipinski definition) is 3. The molecule has 1 heterocycles. The van der Waals surface area contributed by atoms with E-state index < -0.39 is 11.9 Å². The quantitative estimate of drug-likeness (QED) is 0.598. The maximum absolute atomic E-state index is 11.5. The van der Waals surface area contributed by atoms with Crippen molar-refractivity contribution in [1.29, 1.82) is 0 Å². The number of para-hydroxylation sites is 1. The lowest BCUT2D eigenvalue weighted by Gasteiger charge is -2.07. The Morgan fingerprint density at radius 2 is 1.81 bits per heavy atom. The second-order valence-electron chi connectivity index (χ2n) is 4.22. The third kappa shape index (κ3) is 4.87. The number of carbonyl (C=O) groups is 2. The fourth-order valence-corrected chi connectivity index (χ4v) is 1.54. The number of anilines is 1. The second-order valence-corrected chi connectivity index (χ2v) is 4.22. The molecule has 0 aliphatic rings. The minimum Gasteiger partial charge on any atom is -0.462 e. The molecule has 2 rings (SSSR count). The van der Waals surface area contributed by atoms with Crippen LogP contribution in [0.15, 0.2) is 53.0 Å². The lowest BCUT2D eigenvalue weighted by atomic mass is 10.3. The fourth-order valence-electron chi connectivity index (χ4n) is 1.54. The standard InChI is InChI=1S/C15H15N3O3/c1-11-7-8-13(21-11)9-10-14(19)17-18-15(20)16-12-5-3-2-4-6-12/h2-10H,1H3,(H,17,19)(H2,16,18,20). The van der Waals surface area contributed by atoms with Crippen LogP contribution in [0.5, 0.6) is 0 Å². The molecule has 0 spiro atoms. The summed E-state index contributed by atoms with van der Waals surface area (Å²) in [4.78, 5) is 23.0. The van der Waals surface area contributed by atoms with Crippen LogP contribution in [0.4, 0.5) is 10.5 Å². The summed E-state index contributed by atoms with van der Waals surface area (Å²) in [6.45, 7) is 1.81. The summed E-state index contributed by atoms with van der Waals surface area (Å²) in [5.41, 5.74) is 5.12. The number of furan rings is 1. The van der Waals surface area contributed by atoms with E-state index in [0.29, 0.717) is 11.4 Å². The molecule has 0 saturated carbocycles. The van der Waals surface area contributed by atoms with Gasteiger partial charge in [0, 0.05) is 11.8 Å². The maximum Gasteiger partial charge on any atom is 0.337 e. The molecule has 0 saturated heterocycles. The zero-order valence-corrected chi connectivity index (χ0v) is 11.4. The number of amides is 3. The molecule has 0 bridgehead atoms. The number of hydrogen-bond donors (Lipinski definition) is 3. The molecule has 6 heteroatoms. The Morgan fingerprint density at radius 3 is 2.48 bits per heavy atom. The lowest BCUT2D eigenvalue weighted by molar-refractivity contribution is -0.117. The highest BCUT2D eigenvalue weighted by molar-refractivity contribution is 5.95. The zero-order valence-electron chi connectivity index (χ0n) is 11.4. The molecule has 1 aromatic heterocycles. The summed E-state index contributed by atoms with van der Waals surface area (Å²) < 4.78 is 5.27. The van der Waals surface area contributed by atoms with Crippen LogP contribution in [0.2, 0.25) is 0 Å². The average molecular weight is 285 g/mol. The van der Waals surface area contributed by atoms with Crippen molar-refractivity contribution < 1.29 is 14.0 Å². The topological polar surface area (TPSA) is 83.4 Å². The molecule has 3 N–H and O–H groups in total. The van der Waals surface area contributed by atoms with E-state index >= 15 is 0 Å². The van der Waals surface area contributed by atoms with Gasteiger partial charge in [0.25, 0.3) is 5.91 Å². The molecule has 108 valence electrons. The van der Waals surface area contributed by atoms with Gasteiger partial charge in [-0.15, -0.1) is 0 Å². The smallest absolute Gasteiger partial charge is 0.337 e. The van der Waals surface area contributed by atoms with Crippen molar-refractivity contribution in [1.82, 2.24) is 10.9 Å². The van der Waals surface area contributed by atoms with Gasteiger partial charge < -0.3 is 9.73 Å². The van der Waals surface area contributed by atoms with Crippen LogP contribution in [0.1, 0.15) is 11.5 Å². The van der Waals surface area contributed by atoms with Crippen LogP contribution in [0.25, 0.3) is 6.08 Å². The summed E-state index contributed by atoms with van der Waals surface area (Å²) in [6.07, 6.45) is 2.78. The van der Waals surface area contributed by atoms with E-state index in [9.17, 15) is 9.59 Å². The van der Waals surface area contributed by atoms with E-state index in [1.807, 2.05) is 13.0 Å². The summed E-state index contributed by atoms with van der Waals surface area (Å²) in [5.74, 6) is 0.860. The molecule has 0 unspecified atom stereocenters. The Hall–Kier alpha value is -3.02. The first-order chi connectivity index (χ1) is 10.1. The Balaban J connectivity index is 1.76. The third-order valence-corrected chi connectivity index (χ3v) is 2.49. The number of benzene rings is 1. The van der Waals surface area contributed by atoms with Crippen molar-refractivity contribution in [3.63, 3.8) is 0 Å². The van der Waals surface area contributed by atoms with Gasteiger partial charge in [0.2, 0.25) is 0 Å². The van der Waals surface area contributed by atoms with Gasteiger partial charge in [0.15, 0.2) is 0 Å². The summed E-state index contributed by atoms with van der Waals surface area (Å²) in [7, 11) is 0. The van der Waals surface area contributed by atoms with Crippen molar-refractivity contribution >= 4 is 23.7 Å². The largest absolute Gasteiger partial charge is 0.462 e. The normalized spacial score (nSPS) is 10.3. The Labute approximate surface area is 121 Å². The number of hydrazine groups is 1. The van der Waals surface area contributed by atoms with Crippen molar-refractivity contribution in [2.75, 3.05) is 5.32 Å². The van der Waals surface area contributed by atoms with Gasteiger partial charge in [-0.1, -0.05) is 18.2 Å². The summed E-state index contributed by atoms with van der Waals surface area (Å²) in [6, 6.07) is 11.9. The Morgan fingerprint density at radius 1 is 1.05 bits per heavy atom. The number of nitrogens with one attached hydrogen (secondary N) is 3. The van der Waals surface area contributed by atoms with Crippen LogP contribution in [-0.4, -0.2) is 11.9 Å². The first-order valence-corrected chi connectivity index (χ1v) is 6.30. The predicted molar refractivity (Wildman–Crippen MR) is 79.2 cm³/mol. The molecule has 2 aromatic rings. The monoisotopic (exact) mass is 285 g/mol. The number of rotatable bonds is 3. The average Bonchev–Trinajstić information content (AvgIpc) is 2.90. The van der Waals surface area contributed by atoms with Crippen LogP contribution >= 0.6 is 0 Å². The van der Waals surface area contributed by atoms with Crippen LogP contribution in [0.3, 0.4) is 0 Å². The molecule has 0 atom stereocenters. The predicted octanol–water partition coefficient (Wildman–Crippen LogP) is 2.45. The van der Waals surface area contributed by atoms with Crippen molar-refractivity contribution in [3.05, 3.63) is 60.1 Å². The number of urea groups is 1. The van der Waals surface area contributed by atoms with Gasteiger partial charge in [-0.25, -0.2) is 10.2 Å². The fraction of sp³-hybridized carbons (Fsp3) is 0.0667. The summed E-state index contributed by atoms with van der Waals surface area (Å²) in [5, 5.41) is 2.57. The van der Waals surface area contributed by atoms with Gasteiger partial charge in [-0.05, 0) is 37.3 Å². The van der Waals surface area contributed by atoms with E-state index in [1.54, 1.807) is 36.4 Å². The molecule has 0 fully saturated rings. The molecule has 6 nitrogen and oxygen atoms in total. The molecule has 3 amide bonds. The second kappa shape index (κ2) is 6.95. The van der Waals surface area contributed by atoms with Gasteiger partial charge in [-0.3, -0.25) is 10.2 Å². The molecule has 0 radical (unpaired) electrons. The highest BCUT2D eigenvalue weighted by Gasteiger charge is 2.02.